The Morgan fingerprint density at radius 1 is 0.667 bits per heavy atom. The molecule has 45 heavy (non-hydrogen) atoms. The molecule has 4 aromatic heterocycles. The Hall–Kier alpha value is -5.16. The first-order chi connectivity index (χ1) is 21.9. The molecule has 7 aromatic rings. The molecule has 9 heteroatoms. The lowest BCUT2D eigenvalue weighted by atomic mass is 10.1. The molecule has 0 unspecified atom stereocenters. The zero-order valence-electron chi connectivity index (χ0n) is 24.9. The van der Waals surface area contributed by atoms with Crippen molar-refractivity contribution in [2.45, 2.75) is 6.92 Å². The molecular formula is C36H30IN5O3. The van der Waals surface area contributed by atoms with Gasteiger partial charge in [0.25, 0.3) is 0 Å². The van der Waals surface area contributed by atoms with Gasteiger partial charge in [-0.2, -0.15) is 0 Å². The number of carbonyl (C=O) groups excluding carboxylic acids is 1. The molecule has 0 aliphatic rings. The molecule has 0 saturated carbocycles. The quantitative estimate of drug-likeness (QED) is 0.176. The Bertz CT molecular complexity index is 2140. The number of anilines is 1. The van der Waals surface area contributed by atoms with Crippen LogP contribution in [0, 0.1) is 3.70 Å². The Morgan fingerprint density at radius 2 is 1.22 bits per heavy atom. The maximum Gasteiger partial charge on any atom is 0.221 e. The molecule has 0 fully saturated rings. The summed E-state index contributed by atoms with van der Waals surface area (Å²) in [7, 11) is 3.35. The van der Waals surface area contributed by atoms with Crippen LogP contribution in [0.3, 0.4) is 0 Å². The van der Waals surface area contributed by atoms with E-state index < -0.39 is 0 Å². The van der Waals surface area contributed by atoms with Gasteiger partial charge < -0.3 is 14.8 Å². The number of methoxy groups -OCH3 is 2. The lowest BCUT2D eigenvalue weighted by molar-refractivity contribution is -0.114. The number of carbonyl (C=O) groups is 1. The molecule has 0 spiro atoms. The maximum absolute atomic E-state index is 11.3. The lowest BCUT2D eigenvalue weighted by Gasteiger charge is -2.08. The summed E-state index contributed by atoms with van der Waals surface area (Å²) >= 11 is 2.28. The fourth-order valence-electron chi connectivity index (χ4n) is 5.05. The molecule has 224 valence electrons. The molecule has 0 bridgehead atoms. The van der Waals surface area contributed by atoms with Crippen LogP contribution >= 0.6 is 22.6 Å². The van der Waals surface area contributed by atoms with Crippen LogP contribution < -0.4 is 14.8 Å². The first-order valence-corrected chi connectivity index (χ1v) is 15.3. The van der Waals surface area contributed by atoms with Gasteiger partial charge in [-0.25, -0.2) is 9.97 Å². The Labute approximate surface area is 274 Å². The standard InChI is InChI=1S/C22H19N3O2.C14H11IN2O/c1-15(26)24-19-7-3-6-17(11-19)21-13-23-22-10-9-18(14-25(21)22)16-5-4-8-20(12-16)27-2;1-18-12-4-2-3-10(7-12)11-5-6-14-16-8-13(15)17(14)9-11/h3-14H,1-2H3,(H,24,26);2-9H,1H3. The molecule has 1 amide bonds. The van der Waals surface area contributed by atoms with Crippen molar-refractivity contribution in [3.8, 4) is 45.0 Å². The molecular weight excluding hydrogens is 677 g/mol. The summed E-state index contributed by atoms with van der Waals surface area (Å²) in [5, 5.41) is 2.82. The van der Waals surface area contributed by atoms with Crippen LogP contribution in [0.2, 0.25) is 0 Å². The third-order valence-corrected chi connectivity index (χ3v) is 8.05. The minimum atomic E-state index is -0.0920. The molecule has 7 rings (SSSR count). The molecule has 0 aliphatic heterocycles. The summed E-state index contributed by atoms with van der Waals surface area (Å²) in [6.45, 7) is 1.50. The maximum atomic E-state index is 11.3. The highest BCUT2D eigenvalue weighted by molar-refractivity contribution is 14.1. The number of rotatable bonds is 6. The summed E-state index contributed by atoms with van der Waals surface area (Å²) in [4.78, 5) is 20.2. The van der Waals surface area contributed by atoms with E-state index in [1.165, 1.54) is 6.92 Å². The minimum absolute atomic E-state index is 0.0920. The highest BCUT2D eigenvalue weighted by Crippen LogP contribution is 2.29. The minimum Gasteiger partial charge on any atom is -0.497 e. The molecule has 0 saturated heterocycles. The van der Waals surface area contributed by atoms with Gasteiger partial charge in [0, 0.05) is 30.6 Å². The van der Waals surface area contributed by atoms with Crippen molar-refractivity contribution in [3.05, 3.63) is 126 Å². The van der Waals surface area contributed by atoms with E-state index in [0.29, 0.717) is 0 Å². The van der Waals surface area contributed by atoms with Gasteiger partial charge in [-0.3, -0.25) is 13.6 Å². The fourth-order valence-corrected chi connectivity index (χ4v) is 5.58. The highest BCUT2D eigenvalue weighted by atomic mass is 127. The molecule has 0 aliphatic carbocycles. The molecule has 3 aromatic carbocycles. The van der Waals surface area contributed by atoms with Crippen LogP contribution in [0.1, 0.15) is 6.92 Å². The first kappa shape index (κ1) is 29.9. The fraction of sp³-hybridized carbons (Fsp3) is 0.0833. The second kappa shape index (κ2) is 13.2. The third kappa shape index (κ3) is 6.68. The monoisotopic (exact) mass is 707 g/mol. The van der Waals surface area contributed by atoms with Crippen molar-refractivity contribution in [3.63, 3.8) is 0 Å². The number of nitrogens with zero attached hydrogens (tertiary/aromatic N) is 4. The number of fused-ring (bicyclic) bond motifs is 2. The topological polar surface area (TPSA) is 82.2 Å². The average Bonchev–Trinajstić information content (AvgIpc) is 3.67. The normalized spacial score (nSPS) is 10.8. The SMILES string of the molecule is COc1cccc(-c2ccc3ncc(-c4cccc(NC(C)=O)c4)n3c2)c1.COc1cccc(-c2ccc3ncc(I)n3c2)c1. The van der Waals surface area contributed by atoms with Crippen molar-refractivity contribution in [1.29, 1.82) is 0 Å². The van der Waals surface area contributed by atoms with E-state index in [-0.39, 0.29) is 5.91 Å². The zero-order chi connectivity index (χ0) is 31.3. The van der Waals surface area contributed by atoms with Gasteiger partial charge in [0.05, 0.1) is 32.3 Å². The van der Waals surface area contributed by atoms with Gasteiger partial charge in [-0.1, -0.05) is 36.4 Å². The molecule has 8 nitrogen and oxygen atoms in total. The summed E-state index contributed by atoms with van der Waals surface area (Å²) in [5.41, 5.74) is 8.96. The van der Waals surface area contributed by atoms with Crippen LogP contribution in [-0.4, -0.2) is 38.9 Å². The largest absolute Gasteiger partial charge is 0.497 e. The van der Waals surface area contributed by atoms with Crippen LogP contribution in [0.5, 0.6) is 11.5 Å². The predicted octanol–water partition coefficient (Wildman–Crippen LogP) is 8.25. The first-order valence-electron chi connectivity index (χ1n) is 14.2. The number of ether oxygens (including phenoxy) is 2. The van der Waals surface area contributed by atoms with Crippen molar-refractivity contribution in [2.24, 2.45) is 0 Å². The van der Waals surface area contributed by atoms with E-state index in [0.717, 1.165) is 65.7 Å². The molecule has 0 atom stereocenters. The van der Waals surface area contributed by atoms with Crippen LogP contribution in [0.25, 0.3) is 44.8 Å². The molecule has 0 radical (unpaired) electrons. The Morgan fingerprint density at radius 3 is 1.84 bits per heavy atom. The van der Waals surface area contributed by atoms with Gasteiger partial charge in [0.15, 0.2) is 0 Å². The number of nitrogens with one attached hydrogen (secondary N) is 1. The lowest BCUT2D eigenvalue weighted by Crippen LogP contribution is -2.05. The number of imidazole rings is 2. The number of hydrogen-bond acceptors (Lipinski definition) is 5. The van der Waals surface area contributed by atoms with E-state index in [9.17, 15) is 4.79 Å². The Balaban J connectivity index is 0.000000172. The number of benzene rings is 3. The zero-order valence-corrected chi connectivity index (χ0v) is 27.1. The van der Waals surface area contributed by atoms with Crippen molar-refractivity contribution in [2.75, 3.05) is 19.5 Å². The van der Waals surface area contributed by atoms with Gasteiger partial charge >= 0.3 is 0 Å². The van der Waals surface area contributed by atoms with Crippen molar-refractivity contribution < 1.29 is 14.3 Å². The summed E-state index contributed by atoms with van der Waals surface area (Å²) in [6, 6.07) is 31.9. The smallest absolute Gasteiger partial charge is 0.221 e. The molecule has 4 heterocycles. The third-order valence-electron chi connectivity index (χ3n) is 7.25. The van der Waals surface area contributed by atoms with Crippen LogP contribution in [-0.2, 0) is 4.79 Å². The van der Waals surface area contributed by atoms with E-state index in [1.807, 2.05) is 85.2 Å². The number of amides is 1. The van der Waals surface area contributed by atoms with E-state index in [1.54, 1.807) is 14.2 Å². The predicted molar refractivity (Wildman–Crippen MR) is 187 cm³/mol. The Kier molecular flexibility index (Phi) is 8.79. The summed E-state index contributed by atoms with van der Waals surface area (Å²) < 4.78 is 15.8. The van der Waals surface area contributed by atoms with Crippen molar-refractivity contribution in [1.82, 2.24) is 18.8 Å². The average molecular weight is 708 g/mol. The number of pyridine rings is 2. The second-order valence-corrected chi connectivity index (χ2v) is 11.3. The van der Waals surface area contributed by atoms with Gasteiger partial charge in [-0.05, 0) is 106 Å². The van der Waals surface area contributed by atoms with Gasteiger partial charge in [0.1, 0.15) is 26.5 Å². The number of hydrogen-bond donors (Lipinski definition) is 1. The van der Waals surface area contributed by atoms with Crippen LogP contribution in [0.15, 0.2) is 122 Å². The number of aromatic nitrogens is 4. The summed E-state index contributed by atoms with van der Waals surface area (Å²) in [5.74, 6) is 1.60. The second-order valence-electron chi connectivity index (χ2n) is 10.2. The van der Waals surface area contributed by atoms with E-state index in [4.69, 9.17) is 9.47 Å². The molecule has 1 N–H and O–H groups in total. The van der Waals surface area contributed by atoms with Crippen LogP contribution in [0.4, 0.5) is 5.69 Å². The number of halogens is 1. The van der Waals surface area contributed by atoms with Gasteiger partial charge in [-0.15, -0.1) is 0 Å². The van der Waals surface area contributed by atoms with E-state index in [2.05, 4.69) is 83.3 Å². The van der Waals surface area contributed by atoms with Crippen molar-refractivity contribution >= 4 is 45.5 Å². The highest BCUT2D eigenvalue weighted by Gasteiger charge is 2.09. The summed E-state index contributed by atoms with van der Waals surface area (Å²) in [6.07, 6.45) is 7.87. The van der Waals surface area contributed by atoms with E-state index >= 15 is 0 Å². The van der Waals surface area contributed by atoms with Gasteiger partial charge in [0.2, 0.25) is 5.91 Å².